The third kappa shape index (κ3) is 5.43. The third-order valence-electron chi connectivity index (χ3n) is 5.21. The number of nitrogens with zero attached hydrogens (tertiary/aromatic N) is 2. The molecule has 0 fully saturated rings. The van der Waals surface area contributed by atoms with Gasteiger partial charge < -0.3 is 5.32 Å². The lowest BCUT2D eigenvalue weighted by molar-refractivity contribution is -0.114. The molecule has 0 saturated heterocycles. The number of hydrogen-bond donors (Lipinski definition) is 1. The highest BCUT2D eigenvalue weighted by Gasteiger charge is 2.32. The van der Waals surface area contributed by atoms with Crippen molar-refractivity contribution in [2.75, 3.05) is 16.0 Å². The van der Waals surface area contributed by atoms with Crippen molar-refractivity contribution >= 4 is 46.2 Å². The lowest BCUT2D eigenvalue weighted by Crippen LogP contribution is -2.31. The molecule has 0 radical (unpaired) electrons. The van der Waals surface area contributed by atoms with Crippen molar-refractivity contribution in [1.29, 1.82) is 0 Å². The average molecular weight is 474 g/mol. The Morgan fingerprint density at radius 3 is 2.41 bits per heavy atom. The van der Waals surface area contributed by atoms with E-state index < -0.39 is 5.82 Å². The molecule has 3 aromatic rings. The van der Waals surface area contributed by atoms with Gasteiger partial charge in [-0.25, -0.2) is 9.38 Å². The van der Waals surface area contributed by atoms with Crippen LogP contribution in [0.1, 0.15) is 30.9 Å². The van der Waals surface area contributed by atoms with Crippen molar-refractivity contribution in [1.82, 2.24) is 0 Å². The van der Waals surface area contributed by atoms with E-state index in [0.29, 0.717) is 10.9 Å². The summed E-state index contributed by atoms with van der Waals surface area (Å²) in [6.07, 6.45) is 1.70. The van der Waals surface area contributed by atoms with Crippen LogP contribution < -0.4 is 10.2 Å². The van der Waals surface area contributed by atoms with Crippen molar-refractivity contribution in [2.24, 2.45) is 4.99 Å². The molecule has 0 aromatic heterocycles. The van der Waals surface area contributed by atoms with Gasteiger partial charge in [0.05, 0.1) is 11.4 Å². The predicted octanol–water partition coefficient (Wildman–Crippen LogP) is 6.06. The van der Waals surface area contributed by atoms with Crippen LogP contribution >= 0.6 is 11.8 Å². The van der Waals surface area contributed by atoms with Gasteiger partial charge in [-0.3, -0.25) is 14.5 Å². The molecule has 0 atom stereocenters. The summed E-state index contributed by atoms with van der Waals surface area (Å²) in [6.45, 7) is 4.14. The molecular weight excluding hydrogens is 449 g/mol. The summed E-state index contributed by atoms with van der Waals surface area (Å²) in [5.74, 6) is -0.601. The number of amidine groups is 1. The second-order valence-electron chi connectivity index (χ2n) is 8.03. The summed E-state index contributed by atoms with van der Waals surface area (Å²) in [7, 11) is 0. The van der Waals surface area contributed by atoms with Crippen molar-refractivity contribution in [2.45, 2.75) is 19.8 Å². The first kappa shape index (κ1) is 23.4. The Kier molecular flexibility index (Phi) is 7.23. The molecule has 0 bridgehead atoms. The fourth-order valence-electron chi connectivity index (χ4n) is 3.55. The Balaban J connectivity index is 1.56. The molecule has 34 heavy (non-hydrogen) atoms. The van der Waals surface area contributed by atoms with Gasteiger partial charge in [0, 0.05) is 5.69 Å². The molecule has 0 aliphatic carbocycles. The number of aliphatic imine (C=N–C) groups is 1. The molecule has 172 valence electrons. The maximum Gasteiger partial charge on any atom is 0.283 e. The number of para-hydroxylation sites is 1. The minimum atomic E-state index is -0.398. The molecule has 1 aliphatic rings. The van der Waals surface area contributed by atoms with Gasteiger partial charge >= 0.3 is 0 Å². The zero-order valence-corrected chi connectivity index (χ0v) is 19.7. The molecule has 0 unspecified atom stereocenters. The zero-order chi connectivity index (χ0) is 24.1. The van der Waals surface area contributed by atoms with Crippen molar-refractivity contribution in [3.63, 3.8) is 0 Å². The molecule has 1 heterocycles. The first-order chi connectivity index (χ1) is 16.4. The number of amides is 2. The minimum absolute atomic E-state index is 0.0643. The van der Waals surface area contributed by atoms with E-state index in [2.05, 4.69) is 24.2 Å². The second-order valence-corrected chi connectivity index (χ2v) is 8.97. The zero-order valence-electron chi connectivity index (χ0n) is 18.9. The molecule has 1 aliphatic heterocycles. The Morgan fingerprint density at radius 1 is 1.03 bits per heavy atom. The average Bonchev–Trinajstić information content (AvgIpc) is 3.14. The van der Waals surface area contributed by atoms with Gasteiger partial charge in [-0.1, -0.05) is 74.1 Å². The summed E-state index contributed by atoms with van der Waals surface area (Å²) in [4.78, 5) is 31.9. The van der Waals surface area contributed by atoms with Crippen molar-refractivity contribution in [3.05, 3.63) is 102 Å². The summed E-state index contributed by atoms with van der Waals surface area (Å²) in [5, 5.41) is 3.32. The number of benzene rings is 3. The van der Waals surface area contributed by atoms with Gasteiger partial charge in [0.15, 0.2) is 5.17 Å². The maximum absolute atomic E-state index is 13.5. The molecule has 5 nitrogen and oxygen atoms in total. The van der Waals surface area contributed by atoms with E-state index in [-0.39, 0.29) is 29.2 Å². The molecule has 0 spiro atoms. The van der Waals surface area contributed by atoms with E-state index in [0.717, 1.165) is 28.6 Å². The van der Waals surface area contributed by atoms with E-state index in [1.54, 1.807) is 6.08 Å². The van der Waals surface area contributed by atoms with Crippen LogP contribution in [0.2, 0.25) is 0 Å². The number of anilines is 2. The second kappa shape index (κ2) is 10.5. The quantitative estimate of drug-likeness (QED) is 0.443. The number of halogens is 1. The first-order valence-electron chi connectivity index (χ1n) is 10.9. The molecule has 4 rings (SSSR count). The number of hydrogen-bond acceptors (Lipinski definition) is 4. The SMILES string of the molecule is CC(C)c1ccccc1NC(=O)CSC1=N/C(=C/c2ccccc2)C(=O)N1c1ccc(F)cc1. The summed E-state index contributed by atoms with van der Waals surface area (Å²) in [6, 6.07) is 22.7. The molecule has 0 saturated carbocycles. The van der Waals surface area contributed by atoms with Gasteiger partial charge in [-0.15, -0.1) is 0 Å². The van der Waals surface area contributed by atoms with Crippen LogP contribution in [-0.2, 0) is 9.59 Å². The summed E-state index contributed by atoms with van der Waals surface area (Å²) < 4.78 is 13.5. The number of rotatable bonds is 6. The maximum atomic E-state index is 13.5. The van der Waals surface area contributed by atoms with Gasteiger partial charge in [-0.05, 0) is 53.5 Å². The van der Waals surface area contributed by atoms with Crippen molar-refractivity contribution in [3.8, 4) is 0 Å². The van der Waals surface area contributed by atoms with Gasteiger partial charge in [0.2, 0.25) is 5.91 Å². The number of carbonyl (C=O) groups is 2. The molecule has 7 heteroatoms. The molecule has 2 amide bonds. The van der Waals surface area contributed by atoms with Gasteiger partial charge in [0.25, 0.3) is 5.91 Å². The molecule has 3 aromatic carbocycles. The minimum Gasteiger partial charge on any atom is -0.325 e. The third-order valence-corrected chi connectivity index (χ3v) is 6.15. The number of nitrogens with one attached hydrogen (secondary N) is 1. The fraction of sp³-hybridized carbons (Fsp3) is 0.148. The largest absolute Gasteiger partial charge is 0.325 e. The number of thioether (sulfide) groups is 1. The number of carbonyl (C=O) groups excluding carboxylic acids is 2. The standard InChI is InChI=1S/C27H24FN3O2S/c1-18(2)22-10-6-7-11-23(22)29-25(32)17-34-27-30-24(16-19-8-4-3-5-9-19)26(33)31(27)21-14-12-20(28)13-15-21/h3-16,18H,17H2,1-2H3,(H,29,32)/b24-16+. The Morgan fingerprint density at radius 2 is 1.71 bits per heavy atom. The van der Waals surface area contributed by atoms with Crippen LogP contribution in [0.15, 0.2) is 89.6 Å². The van der Waals surface area contributed by atoms with Gasteiger partial charge in [-0.2, -0.15) is 0 Å². The van der Waals surface area contributed by atoms with E-state index in [1.165, 1.54) is 29.2 Å². The fourth-order valence-corrected chi connectivity index (χ4v) is 4.36. The van der Waals surface area contributed by atoms with Crippen LogP contribution in [0.3, 0.4) is 0 Å². The Bertz CT molecular complexity index is 1250. The van der Waals surface area contributed by atoms with Crippen LogP contribution in [0.5, 0.6) is 0 Å². The molecule has 1 N–H and O–H groups in total. The highest BCUT2D eigenvalue weighted by Crippen LogP contribution is 2.30. The highest BCUT2D eigenvalue weighted by molar-refractivity contribution is 8.14. The highest BCUT2D eigenvalue weighted by atomic mass is 32.2. The van der Waals surface area contributed by atoms with Crippen LogP contribution in [0, 0.1) is 5.82 Å². The van der Waals surface area contributed by atoms with E-state index in [9.17, 15) is 14.0 Å². The summed E-state index contributed by atoms with van der Waals surface area (Å²) in [5.41, 5.74) is 3.40. The van der Waals surface area contributed by atoms with Crippen LogP contribution in [0.4, 0.5) is 15.8 Å². The molecular formula is C27H24FN3O2S. The topological polar surface area (TPSA) is 61.8 Å². The lowest BCUT2D eigenvalue weighted by Gasteiger charge is -2.18. The van der Waals surface area contributed by atoms with E-state index in [4.69, 9.17) is 0 Å². The van der Waals surface area contributed by atoms with Crippen molar-refractivity contribution < 1.29 is 14.0 Å². The smallest absolute Gasteiger partial charge is 0.283 e. The van der Waals surface area contributed by atoms with Crippen LogP contribution in [-0.4, -0.2) is 22.7 Å². The normalized spacial score (nSPS) is 14.6. The van der Waals surface area contributed by atoms with Crippen LogP contribution in [0.25, 0.3) is 6.08 Å². The lowest BCUT2D eigenvalue weighted by atomic mass is 10.0. The first-order valence-corrected chi connectivity index (χ1v) is 11.9. The Hall–Kier alpha value is -3.71. The van der Waals surface area contributed by atoms with E-state index in [1.807, 2.05) is 54.6 Å². The monoisotopic (exact) mass is 473 g/mol. The Labute approximate surface area is 202 Å². The van der Waals surface area contributed by atoms with Gasteiger partial charge in [0.1, 0.15) is 11.5 Å². The summed E-state index contributed by atoms with van der Waals surface area (Å²) >= 11 is 1.16. The predicted molar refractivity (Wildman–Crippen MR) is 137 cm³/mol. The van der Waals surface area contributed by atoms with E-state index >= 15 is 0 Å².